The van der Waals surface area contributed by atoms with Gasteiger partial charge in [-0.2, -0.15) is 0 Å². The molecule has 0 saturated heterocycles. The molecule has 0 spiro atoms. The molecule has 1 amide bonds. The fraction of sp³-hybridized carbons (Fsp3) is 0.304. The molecule has 0 radical (unpaired) electrons. The number of ketones is 1. The number of para-hydroxylation sites is 1. The number of amides is 1. The second kappa shape index (κ2) is 7.39. The Hall–Kier alpha value is -2.88. The summed E-state index contributed by atoms with van der Waals surface area (Å²) in [5, 5.41) is 1.19. The largest absolute Gasteiger partial charge is 0.358 e. The van der Waals surface area contributed by atoms with Crippen molar-refractivity contribution in [1.82, 2.24) is 9.88 Å². The zero-order valence-corrected chi connectivity index (χ0v) is 15.6. The third kappa shape index (κ3) is 3.52. The van der Waals surface area contributed by atoms with Crippen LogP contribution in [0.1, 0.15) is 46.9 Å². The molecule has 27 heavy (non-hydrogen) atoms. The highest BCUT2D eigenvalue weighted by atomic mass is 16.2. The van der Waals surface area contributed by atoms with Crippen LogP contribution in [-0.2, 0) is 24.2 Å². The van der Waals surface area contributed by atoms with Gasteiger partial charge in [-0.05, 0) is 18.1 Å². The number of nitrogens with zero attached hydrogens (tertiary/aromatic N) is 1. The summed E-state index contributed by atoms with van der Waals surface area (Å²) >= 11 is 0. The van der Waals surface area contributed by atoms with Crippen molar-refractivity contribution in [2.75, 3.05) is 6.54 Å². The molecular formula is C23H24N2O2. The summed E-state index contributed by atoms with van der Waals surface area (Å²) in [6.07, 6.45) is 2.33. The van der Waals surface area contributed by atoms with E-state index in [0.717, 1.165) is 18.4 Å². The third-order valence-corrected chi connectivity index (χ3v) is 5.49. The number of H-pyrrole nitrogens is 1. The van der Waals surface area contributed by atoms with Gasteiger partial charge < -0.3 is 9.88 Å². The van der Waals surface area contributed by atoms with Crippen LogP contribution in [-0.4, -0.2) is 28.1 Å². The van der Waals surface area contributed by atoms with Gasteiger partial charge in [-0.25, -0.2) is 0 Å². The smallest absolute Gasteiger partial charge is 0.223 e. The van der Waals surface area contributed by atoms with Crippen molar-refractivity contribution in [1.29, 1.82) is 0 Å². The average molecular weight is 360 g/mol. The first kappa shape index (κ1) is 17.5. The SMILES string of the molecule is CCc1ccc(C(=O)CCC(=O)N2CCc3[nH]c4ccccc4c3C2)cc1. The molecule has 1 aliphatic heterocycles. The third-order valence-electron chi connectivity index (χ3n) is 5.49. The van der Waals surface area contributed by atoms with Gasteiger partial charge in [0.15, 0.2) is 5.78 Å². The first-order valence-corrected chi connectivity index (χ1v) is 9.64. The molecule has 4 nitrogen and oxygen atoms in total. The van der Waals surface area contributed by atoms with Crippen molar-refractivity contribution in [2.24, 2.45) is 0 Å². The van der Waals surface area contributed by atoms with Crippen LogP contribution in [0.4, 0.5) is 0 Å². The first-order valence-electron chi connectivity index (χ1n) is 9.64. The van der Waals surface area contributed by atoms with Crippen LogP contribution >= 0.6 is 0 Å². The number of aromatic amines is 1. The van der Waals surface area contributed by atoms with Crippen LogP contribution < -0.4 is 0 Å². The lowest BCUT2D eigenvalue weighted by atomic mass is 10.0. The maximum atomic E-state index is 12.7. The molecule has 4 heteroatoms. The van der Waals surface area contributed by atoms with E-state index in [0.29, 0.717) is 18.7 Å². The summed E-state index contributed by atoms with van der Waals surface area (Å²) < 4.78 is 0. The fourth-order valence-electron chi connectivity index (χ4n) is 3.83. The van der Waals surface area contributed by atoms with Crippen LogP contribution in [0.3, 0.4) is 0 Å². The minimum atomic E-state index is 0.0378. The lowest BCUT2D eigenvalue weighted by Gasteiger charge is -2.27. The van der Waals surface area contributed by atoms with Gasteiger partial charge in [-0.1, -0.05) is 49.4 Å². The highest BCUT2D eigenvalue weighted by Gasteiger charge is 2.24. The van der Waals surface area contributed by atoms with Crippen LogP contribution in [0.15, 0.2) is 48.5 Å². The predicted molar refractivity (Wildman–Crippen MR) is 107 cm³/mol. The molecule has 0 atom stereocenters. The maximum Gasteiger partial charge on any atom is 0.223 e. The van der Waals surface area contributed by atoms with Gasteiger partial charge in [0, 0.05) is 60.1 Å². The van der Waals surface area contributed by atoms with Gasteiger partial charge in [0.05, 0.1) is 0 Å². The highest BCUT2D eigenvalue weighted by Crippen LogP contribution is 2.28. The monoisotopic (exact) mass is 360 g/mol. The number of rotatable bonds is 5. The summed E-state index contributed by atoms with van der Waals surface area (Å²) in [5.74, 6) is 0.0975. The zero-order valence-electron chi connectivity index (χ0n) is 15.6. The minimum absolute atomic E-state index is 0.0378. The van der Waals surface area contributed by atoms with Gasteiger partial charge in [0.1, 0.15) is 0 Å². The molecule has 1 aliphatic rings. The predicted octanol–water partition coefficient (Wildman–Crippen LogP) is 4.28. The van der Waals surface area contributed by atoms with E-state index >= 15 is 0 Å². The zero-order chi connectivity index (χ0) is 18.8. The number of carbonyl (C=O) groups excluding carboxylic acids is 2. The molecular weight excluding hydrogens is 336 g/mol. The normalized spacial score (nSPS) is 13.6. The maximum absolute atomic E-state index is 12.7. The van der Waals surface area contributed by atoms with Crippen LogP contribution in [0.2, 0.25) is 0 Å². The number of Topliss-reactive ketones (excluding diaryl/α,β-unsaturated/α-hetero) is 1. The highest BCUT2D eigenvalue weighted by molar-refractivity contribution is 5.98. The van der Waals surface area contributed by atoms with E-state index in [-0.39, 0.29) is 24.5 Å². The summed E-state index contributed by atoms with van der Waals surface area (Å²) in [6, 6.07) is 15.9. The molecule has 0 saturated carbocycles. The Labute approximate surface area is 159 Å². The van der Waals surface area contributed by atoms with E-state index in [1.165, 1.54) is 22.2 Å². The number of hydrogen-bond acceptors (Lipinski definition) is 2. The van der Waals surface area contributed by atoms with Crippen molar-refractivity contribution in [3.05, 3.63) is 70.9 Å². The molecule has 0 aliphatic carbocycles. The molecule has 1 aromatic heterocycles. The van der Waals surface area contributed by atoms with Gasteiger partial charge in [0.25, 0.3) is 0 Å². The van der Waals surface area contributed by atoms with E-state index in [2.05, 4.69) is 24.0 Å². The summed E-state index contributed by atoms with van der Waals surface area (Å²) in [7, 11) is 0. The topological polar surface area (TPSA) is 53.2 Å². The molecule has 3 aromatic rings. The van der Waals surface area contributed by atoms with E-state index in [4.69, 9.17) is 0 Å². The average Bonchev–Trinajstić information content (AvgIpc) is 3.09. The van der Waals surface area contributed by atoms with Crippen LogP contribution in [0.5, 0.6) is 0 Å². The molecule has 0 bridgehead atoms. The quantitative estimate of drug-likeness (QED) is 0.691. The lowest BCUT2D eigenvalue weighted by Crippen LogP contribution is -2.35. The number of carbonyl (C=O) groups is 2. The van der Waals surface area contributed by atoms with Crippen molar-refractivity contribution >= 4 is 22.6 Å². The van der Waals surface area contributed by atoms with Gasteiger partial charge in [-0.3, -0.25) is 9.59 Å². The Morgan fingerprint density at radius 1 is 1.04 bits per heavy atom. The Balaban J connectivity index is 1.39. The Morgan fingerprint density at radius 3 is 2.59 bits per heavy atom. The van der Waals surface area contributed by atoms with E-state index in [1.54, 1.807) is 0 Å². The number of aromatic nitrogens is 1. The Kier molecular flexibility index (Phi) is 4.80. The molecule has 1 N–H and O–H groups in total. The van der Waals surface area contributed by atoms with E-state index < -0.39 is 0 Å². The second-order valence-corrected chi connectivity index (χ2v) is 7.17. The molecule has 2 heterocycles. The minimum Gasteiger partial charge on any atom is -0.358 e. The van der Waals surface area contributed by atoms with Crippen LogP contribution in [0.25, 0.3) is 10.9 Å². The van der Waals surface area contributed by atoms with Crippen LogP contribution in [0, 0.1) is 0 Å². The molecule has 0 unspecified atom stereocenters. The van der Waals surface area contributed by atoms with Gasteiger partial charge in [0.2, 0.25) is 5.91 Å². The van der Waals surface area contributed by atoms with E-state index in [9.17, 15) is 9.59 Å². The summed E-state index contributed by atoms with van der Waals surface area (Å²) in [6.45, 7) is 3.42. The fourth-order valence-corrected chi connectivity index (χ4v) is 3.83. The Morgan fingerprint density at radius 2 is 1.81 bits per heavy atom. The van der Waals surface area contributed by atoms with Crippen molar-refractivity contribution in [2.45, 2.75) is 39.2 Å². The molecule has 2 aromatic carbocycles. The Bertz CT molecular complexity index is 985. The number of aryl methyl sites for hydroxylation is 1. The van der Waals surface area contributed by atoms with Crippen molar-refractivity contribution < 1.29 is 9.59 Å². The molecule has 0 fully saturated rings. The lowest BCUT2D eigenvalue weighted by molar-refractivity contribution is -0.132. The first-order chi connectivity index (χ1) is 13.2. The number of hydrogen-bond donors (Lipinski definition) is 1. The number of benzene rings is 2. The van der Waals surface area contributed by atoms with Crippen molar-refractivity contribution in [3.8, 4) is 0 Å². The molecule has 138 valence electrons. The summed E-state index contributed by atoms with van der Waals surface area (Å²) in [4.78, 5) is 30.4. The number of fused-ring (bicyclic) bond motifs is 3. The number of nitrogens with one attached hydrogen (secondary N) is 1. The molecule has 4 rings (SSSR count). The van der Waals surface area contributed by atoms with E-state index in [1.807, 2.05) is 41.3 Å². The van der Waals surface area contributed by atoms with Gasteiger partial charge >= 0.3 is 0 Å². The standard InChI is InChI=1S/C23H24N2O2/c1-2-16-7-9-17(10-8-16)22(26)11-12-23(27)25-14-13-21-19(15-25)18-5-3-4-6-20(18)24-21/h3-10,24H,2,11-15H2,1H3. The second-order valence-electron chi connectivity index (χ2n) is 7.17. The van der Waals surface area contributed by atoms with Crippen molar-refractivity contribution in [3.63, 3.8) is 0 Å². The van der Waals surface area contributed by atoms with Gasteiger partial charge in [-0.15, -0.1) is 0 Å². The summed E-state index contributed by atoms with van der Waals surface area (Å²) in [5.41, 5.74) is 5.48.